The van der Waals surface area contributed by atoms with E-state index in [9.17, 15) is 23.5 Å². The second kappa shape index (κ2) is 10.6. The molecule has 5 heterocycles. The molecule has 2 bridgehead atoms. The number of benzene rings is 2. The van der Waals surface area contributed by atoms with Gasteiger partial charge in [0.05, 0.1) is 22.5 Å². The first-order chi connectivity index (χ1) is 21.4. The number of nitrogens with zero attached hydrogens (tertiary/aromatic N) is 6. The van der Waals surface area contributed by atoms with Crippen LogP contribution in [-0.4, -0.2) is 82.1 Å². The number of phenolic OH excluding ortho intramolecular Hbond substituents is 1. The Morgan fingerprint density at radius 1 is 1.13 bits per heavy atom. The third-order valence-corrected chi connectivity index (χ3v) is 9.97. The Bertz CT molecular complexity index is 1890. The van der Waals surface area contributed by atoms with E-state index in [1.165, 1.54) is 6.07 Å². The summed E-state index contributed by atoms with van der Waals surface area (Å²) >= 11 is 6.86. The quantitative estimate of drug-likeness (QED) is 0.284. The van der Waals surface area contributed by atoms with E-state index in [-0.39, 0.29) is 58.7 Å². The Balaban J connectivity index is 1.40. The Morgan fingerprint density at radius 2 is 1.84 bits per heavy atom. The number of aromatic nitrogens is 3. The molecule has 3 aliphatic heterocycles. The Hall–Kier alpha value is -3.86. The highest BCUT2D eigenvalue weighted by molar-refractivity contribution is 6.35. The Labute approximate surface area is 261 Å². The molecule has 3 saturated heterocycles. The maximum absolute atomic E-state index is 16.9. The monoisotopic (exact) mass is 643 g/mol. The number of likely N-dealkylation sites (N-methyl/N-ethyl adjacent to an activating group) is 1. The zero-order valence-electron chi connectivity index (χ0n) is 24.7. The van der Waals surface area contributed by atoms with Gasteiger partial charge in [0, 0.05) is 66.4 Å². The molecule has 7 rings (SSSR count). The van der Waals surface area contributed by atoms with Gasteiger partial charge < -0.3 is 24.6 Å². The molecule has 3 aliphatic rings. The van der Waals surface area contributed by atoms with Crippen LogP contribution in [0.25, 0.3) is 32.9 Å². The van der Waals surface area contributed by atoms with Crippen molar-refractivity contribution in [2.75, 3.05) is 38.2 Å². The summed E-state index contributed by atoms with van der Waals surface area (Å²) in [6.45, 7) is 2.49. The SMILES string of the molecule is Cc1c(-c2c(Cl)cc3c(N4CC5CCC(C4)N5)nc(OC[C@@H]4[C@H](C(F)(F)F)CN4C)nc3c2F)c2c(C#N)c(O)ccc2n1C. The molecule has 2 unspecified atom stereocenters. The van der Waals surface area contributed by atoms with Crippen molar-refractivity contribution in [3.8, 4) is 29.0 Å². The van der Waals surface area contributed by atoms with Gasteiger partial charge in [-0.3, -0.25) is 4.90 Å². The van der Waals surface area contributed by atoms with E-state index in [1.54, 1.807) is 42.6 Å². The van der Waals surface area contributed by atoms with Crippen LogP contribution in [0, 0.1) is 30.0 Å². The molecule has 2 N–H and O–H groups in total. The molecule has 4 aromatic rings. The Kier molecular flexibility index (Phi) is 7.03. The lowest BCUT2D eigenvalue weighted by molar-refractivity contribution is -0.230. The number of alkyl halides is 3. The van der Waals surface area contributed by atoms with Gasteiger partial charge in [-0.2, -0.15) is 28.4 Å². The summed E-state index contributed by atoms with van der Waals surface area (Å²) in [4.78, 5) is 12.6. The molecule has 0 amide bonds. The Morgan fingerprint density at radius 3 is 2.49 bits per heavy atom. The number of piperazine rings is 1. The number of anilines is 1. The first-order valence-corrected chi connectivity index (χ1v) is 15.1. The van der Waals surface area contributed by atoms with E-state index in [0.29, 0.717) is 46.5 Å². The number of likely N-dealkylation sites (tertiary alicyclic amines) is 1. The van der Waals surface area contributed by atoms with Gasteiger partial charge in [-0.05, 0) is 45.0 Å². The lowest BCUT2D eigenvalue weighted by Crippen LogP contribution is -2.61. The van der Waals surface area contributed by atoms with Crippen molar-refractivity contribution in [1.29, 1.82) is 5.26 Å². The normalized spacial score (nSPS) is 23.5. The van der Waals surface area contributed by atoms with Gasteiger partial charge in [-0.1, -0.05) is 11.6 Å². The summed E-state index contributed by atoms with van der Waals surface area (Å²) < 4.78 is 65.2. The predicted molar refractivity (Wildman–Crippen MR) is 161 cm³/mol. The van der Waals surface area contributed by atoms with Crippen LogP contribution in [0.5, 0.6) is 11.8 Å². The first-order valence-electron chi connectivity index (χ1n) is 14.7. The summed E-state index contributed by atoms with van der Waals surface area (Å²) in [6, 6.07) is 5.93. The molecule has 9 nitrogen and oxygen atoms in total. The molecule has 14 heteroatoms. The molecule has 0 radical (unpaired) electrons. The number of aromatic hydroxyl groups is 1. The molecule has 0 aliphatic carbocycles. The number of aryl methyl sites for hydroxylation is 1. The smallest absolute Gasteiger partial charge is 0.394 e. The third-order valence-electron chi connectivity index (χ3n) is 9.68. The topological polar surface area (TPSA) is 102 Å². The largest absolute Gasteiger partial charge is 0.507 e. The fourth-order valence-electron chi connectivity index (χ4n) is 7.19. The fraction of sp³-hybridized carbons (Fsp3) is 0.452. The molecular weight excluding hydrogens is 614 g/mol. The van der Waals surface area contributed by atoms with Gasteiger partial charge in [0.15, 0.2) is 5.82 Å². The molecule has 4 atom stereocenters. The van der Waals surface area contributed by atoms with Crippen molar-refractivity contribution < 1.29 is 27.4 Å². The van der Waals surface area contributed by atoms with E-state index in [4.69, 9.17) is 16.3 Å². The number of fused-ring (bicyclic) bond motifs is 4. The third kappa shape index (κ3) is 4.73. The summed E-state index contributed by atoms with van der Waals surface area (Å²) in [5, 5.41) is 24.7. The van der Waals surface area contributed by atoms with Crippen LogP contribution in [-0.2, 0) is 7.05 Å². The zero-order valence-corrected chi connectivity index (χ0v) is 25.5. The van der Waals surface area contributed by atoms with Crippen LogP contribution in [0.15, 0.2) is 18.2 Å². The molecule has 45 heavy (non-hydrogen) atoms. The minimum Gasteiger partial charge on any atom is -0.507 e. The van der Waals surface area contributed by atoms with Gasteiger partial charge in [-0.25, -0.2) is 4.39 Å². The lowest BCUT2D eigenvalue weighted by atomic mass is 9.89. The number of hydrogen-bond donors (Lipinski definition) is 2. The minimum absolute atomic E-state index is 0.0128. The second-order valence-electron chi connectivity index (χ2n) is 12.3. The summed E-state index contributed by atoms with van der Waals surface area (Å²) in [5.74, 6) is -2.20. The molecule has 2 aromatic carbocycles. The number of halogens is 5. The van der Waals surface area contributed by atoms with Crippen LogP contribution < -0.4 is 15.0 Å². The second-order valence-corrected chi connectivity index (χ2v) is 12.7. The molecular formula is C31H30ClF4N7O2. The summed E-state index contributed by atoms with van der Waals surface area (Å²) in [5.41, 5.74) is 1.39. The van der Waals surface area contributed by atoms with Crippen molar-refractivity contribution in [2.45, 2.75) is 44.1 Å². The average Bonchev–Trinajstić information content (AvgIpc) is 3.45. The van der Waals surface area contributed by atoms with Gasteiger partial charge in [0.1, 0.15) is 35.3 Å². The maximum Gasteiger partial charge on any atom is 0.394 e. The van der Waals surface area contributed by atoms with E-state index in [0.717, 1.165) is 12.8 Å². The lowest BCUT2D eigenvalue weighted by Gasteiger charge is -2.46. The van der Waals surface area contributed by atoms with Gasteiger partial charge >= 0.3 is 12.2 Å². The predicted octanol–water partition coefficient (Wildman–Crippen LogP) is 5.28. The van der Waals surface area contributed by atoms with Crippen molar-refractivity contribution in [2.24, 2.45) is 13.0 Å². The van der Waals surface area contributed by atoms with Crippen molar-refractivity contribution >= 4 is 39.2 Å². The highest BCUT2D eigenvalue weighted by atomic mass is 35.5. The molecule has 3 fully saturated rings. The molecule has 2 aromatic heterocycles. The van der Waals surface area contributed by atoms with E-state index in [2.05, 4.69) is 15.3 Å². The molecule has 236 valence electrons. The average molecular weight is 644 g/mol. The van der Waals surface area contributed by atoms with E-state index >= 15 is 4.39 Å². The van der Waals surface area contributed by atoms with Crippen LogP contribution in [0.1, 0.15) is 24.1 Å². The highest BCUT2D eigenvalue weighted by Gasteiger charge is 2.53. The van der Waals surface area contributed by atoms with Crippen LogP contribution in [0.3, 0.4) is 0 Å². The zero-order chi connectivity index (χ0) is 31.9. The van der Waals surface area contributed by atoms with Gasteiger partial charge in [0.2, 0.25) is 0 Å². The van der Waals surface area contributed by atoms with Crippen molar-refractivity contribution in [1.82, 2.24) is 24.8 Å². The molecule has 0 saturated carbocycles. The van der Waals surface area contributed by atoms with Crippen molar-refractivity contribution in [3.05, 3.63) is 40.3 Å². The summed E-state index contributed by atoms with van der Waals surface area (Å²) in [7, 11) is 3.36. The standard InChI is InChI=1S/C31H30ClF4N7O2/c1-14-24(25-18(9-37)23(44)7-6-21(25)42(14)3)26-20(32)8-17-28(27(26)33)39-30(45-13-22-19(12-41(22)2)31(34,35)36)40-29(17)43-10-15-4-5-16(11-43)38-15/h6-8,15-16,19,22,38,44H,4-5,10-13H2,1-3H3/t15?,16?,19-,22-/m1/s1. The summed E-state index contributed by atoms with van der Waals surface area (Å²) in [6.07, 6.45) is -2.41. The van der Waals surface area contributed by atoms with E-state index < -0.39 is 24.0 Å². The maximum atomic E-state index is 16.9. The fourth-order valence-corrected chi connectivity index (χ4v) is 7.47. The van der Waals surface area contributed by atoms with Gasteiger partial charge in [-0.15, -0.1) is 0 Å². The van der Waals surface area contributed by atoms with Gasteiger partial charge in [0.25, 0.3) is 0 Å². The highest BCUT2D eigenvalue weighted by Crippen LogP contribution is 2.46. The number of rotatable bonds is 5. The number of hydrogen-bond acceptors (Lipinski definition) is 8. The number of nitrogens with one attached hydrogen (secondary N) is 1. The van der Waals surface area contributed by atoms with Crippen molar-refractivity contribution in [3.63, 3.8) is 0 Å². The van der Waals surface area contributed by atoms with E-state index in [1.807, 2.05) is 11.0 Å². The first kappa shape index (κ1) is 29.8. The number of phenols is 1. The van der Waals surface area contributed by atoms with Crippen LogP contribution >= 0.6 is 11.6 Å². The number of nitriles is 1. The molecule has 0 spiro atoms. The minimum atomic E-state index is -4.37. The number of ether oxygens (including phenoxy) is 1. The van der Waals surface area contributed by atoms with Crippen LogP contribution in [0.2, 0.25) is 5.02 Å². The van der Waals surface area contributed by atoms with Crippen LogP contribution in [0.4, 0.5) is 23.4 Å².